The number of amides is 1. The monoisotopic (exact) mass is 294 g/mol. The van der Waals surface area contributed by atoms with Crippen LogP contribution in [0, 0.1) is 0 Å². The van der Waals surface area contributed by atoms with Gasteiger partial charge in [0.25, 0.3) is 0 Å². The highest BCUT2D eigenvalue weighted by Gasteiger charge is 2.07. The molecule has 0 atom stereocenters. The predicted molar refractivity (Wildman–Crippen MR) is 83.8 cm³/mol. The smallest absolute Gasteiger partial charge is 0.220 e. The standard InChI is InChI=1S/C16H26N2O3/c1-12(2)17-9-5-6-16(19)18-11-13-10-14(20-3)7-8-15(13)21-4/h7-8,10,12,17H,5-6,9,11H2,1-4H3,(H,18,19). The van der Waals surface area contributed by atoms with Crippen LogP contribution in [0.3, 0.4) is 0 Å². The number of rotatable bonds is 9. The molecule has 0 spiro atoms. The lowest BCUT2D eigenvalue weighted by Crippen LogP contribution is -2.27. The van der Waals surface area contributed by atoms with Gasteiger partial charge in [-0.25, -0.2) is 0 Å². The van der Waals surface area contributed by atoms with Crippen LogP contribution in [-0.4, -0.2) is 32.7 Å². The van der Waals surface area contributed by atoms with Crippen molar-refractivity contribution in [3.05, 3.63) is 23.8 Å². The van der Waals surface area contributed by atoms with Gasteiger partial charge in [0.15, 0.2) is 0 Å². The highest BCUT2D eigenvalue weighted by Crippen LogP contribution is 2.23. The Labute approximate surface area is 127 Å². The topological polar surface area (TPSA) is 59.6 Å². The van der Waals surface area contributed by atoms with E-state index in [2.05, 4.69) is 24.5 Å². The summed E-state index contributed by atoms with van der Waals surface area (Å²) < 4.78 is 10.5. The zero-order valence-corrected chi connectivity index (χ0v) is 13.4. The Hall–Kier alpha value is -1.75. The molecule has 5 heteroatoms. The van der Waals surface area contributed by atoms with Crippen LogP contribution in [-0.2, 0) is 11.3 Å². The minimum Gasteiger partial charge on any atom is -0.497 e. The minimum atomic E-state index is 0.0467. The lowest BCUT2D eigenvalue weighted by molar-refractivity contribution is -0.121. The first-order valence-electron chi connectivity index (χ1n) is 7.27. The van der Waals surface area contributed by atoms with Gasteiger partial charge in [-0.1, -0.05) is 13.8 Å². The number of hydrogen-bond donors (Lipinski definition) is 2. The highest BCUT2D eigenvalue weighted by atomic mass is 16.5. The third kappa shape index (κ3) is 6.49. The summed E-state index contributed by atoms with van der Waals surface area (Å²) in [5.74, 6) is 1.55. The molecular formula is C16H26N2O3. The predicted octanol–water partition coefficient (Wildman–Crippen LogP) is 2.10. The summed E-state index contributed by atoms with van der Waals surface area (Å²) in [7, 11) is 3.23. The molecule has 21 heavy (non-hydrogen) atoms. The molecule has 2 N–H and O–H groups in total. The average Bonchev–Trinajstić information content (AvgIpc) is 2.48. The van der Waals surface area contributed by atoms with E-state index in [0.29, 0.717) is 19.0 Å². The van der Waals surface area contributed by atoms with Crippen molar-refractivity contribution in [2.45, 2.75) is 39.3 Å². The van der Waals surface area contributed by atoms with E-state index < -0.39 is 0 Å². The van der Waals surface area contributed by atoms with Crippen LogP contribution >= 0.6 is 0 Å². The molecule has 0 unspecified atom stereocenters. The number of carbonyl (C=O) groups is 1. The van der Waals surface area contributed by atoms with Crippen molar-refractivity contribution in [1.82, 2.24) is 10.6 Å². The van der Waals surface area contributed by atoms with Crippen LogP contribution in [0.5, 0.6) is 11.5 Å². The third-order valence-corrected chi connectivity index (χ3v) is 3.10. The molecule has 1 rings (SSSR count). The van der Waals surface area contributed by atoms with Gasteiger partial charge in [-0.2, -0.15) is 0 Å². The molecule has 0 saturated carbocycles. The van der Waals surface area contributed by atoms with Crippen molar-refractivity contribution in [3.8, 4) is 11.5 Å². The number of nitrogens with one attached hydrogen (secondary N) is 2. The quantitative estimate of drug-likeness (QED) is 0.685. The van der Waals surface area contributed by atoms with E-state index in [1.54, 1.807) is 14.2 Å². The van der Waals surface area contributed by atoms with E-state index in [-0.39, 0.29) is 5.91 Å². The molecule has 1 aromatic carbocycles. The highest BCUT2D eigenvalue weighted by molar-refractivity contribution is 5.75. The summed E-state index contributed by atoms with van der Waals surface area (Å²) in [5, 5.41) is 6.20. The number of ether oxygens (including phenoxy) is 2. The molecule has 5 nitrogen and oxygen atoms in total. The zero-order valence-electron chi connectivity index (χ0n) is 13.4. The van der Waals surface area contributed by atoms with E-state index in [4.69, 9.17) is 9.47 Å². The van der Waals surface area contributed by atoms with Crippen LogP contribution in [0.15, 0.2) is 18.2 Å². The van der Waals surface area contributed by atoms with Crippen LogP contribution in [0.2, 0.25) is 0 Å². The van der Waals surface area contributed by atoms with Crippen molar-refractivity contribution in [3.63, 3.8) is 0 Å². The minimum absolute atomic E-state index is 0.0467. The van der Waals surface area contributed by atoms with Gasteiger partial charge in [0.1, 0.15) is 11.5 Å². The van der Waals surface area contributed by atoms with E-state index in [0.717, 1.165) is 30.0 Å². The van der Waals surface area contributed by atoms with Gasteiger partial charge in [-0.05, 0) is 31.2 Å². The van der Waals surface area contributed by atoms with Gasteiger partial charge in [0.2, 0.25) is 5.91 Å². The molecule has 0 saturated heterocycles. The SMILES string of the molecule is COc1ccc(OC)c(CNC(=O)CCCNC(C)C)c1. The number of carbonyl (C=O) groups excluding carboxylic acids is 1. The Balaban J connectivity index is 2.41. The fraction of sp³-hybridized carbons (Fsp3) is 0.562. The lowest BCUT2D eigenvalue weighted by atomic mass is 10.2. The Bertz CT molecular complexity index is 447. The summed E-state index contributed by atoms with van der Waals surface area (Å²) in [6.07, 6.45) is 1.35. The van der Waals surface area contributed by atoms with Gasteiger partial charge in [0, 0.05) is 24.6 Å². The first-order chi connectivity index (χ1) is 10.1. The summed E-state index contributed by atoms with van der Waals surface area (Å²) >= 11 is 0. The number of methoxy groups -OCH3 is 2. The molecule has 0 bridgehead atoms. The van der Waals surface area contributed by atoms with Crippen molar-refractivity contribution in [2.75, 3.05) is 20.8 Å². The molecule has 1 aromatic rings. The maximum absolute atomic E-state index is 11.8. The molecule has 0 heterocycles. The largest absolute Gasteiger partial charge is 0.497 e. The van der Waals surface area contributed by atoms with Crippen molar-refractivity contribution in [2.24, 2.45) is 0 Å². The Morgan fingerprint density at radius 3 is 2.62 bits per heavy atom. The second-order valence-electron chi connectivity index (χ2n) is 5.17. The van der Waals surface area contributed by atoms with Crippen molar-refractivity contribution in [1.29, 1.82) is 0 Å². The molecule has 1 amide bonds. The molecule has 0 aliphatic carbocycles. The summed E-state index contributed by atoms with van der Waals surface area (Å²) in [6.45, 7) is 5.48. The van der Waals surface area contributed by atoms with Gasteiger partial charge >= 0.3 is 0 Å². The maximum atomic E-state index is 11.8. The molecule has 0 aromatic heterocycles. The molecule has 0 aliphatic heterocycles. The van der Waals surface area contributed by atoms with Gasteiger partial charge in [-0.3, -0.25) is 4.79 Å². The second-order valence-corrected chi connectivity index (χ2v) is 5.17. The fourth-order valence-electron chi connectivity index (χ4n) is 1.94. The molecule has 0 aliphatic rings. The summed E-state index contributed by atoms with van der Waals surface area (Å²) in [6, 6.07) is 6.00. The van der Waals surface area contributed by atoms with Crippen molar-refractivity contribution < 1.29 is 14.3 Å². The normalized spacial score (nSPS) is 10.5. The maximum Gasteiger partial charge on any atom is 0.220 e. The molecule has 0 fully saturated rings. The lowest BCUT2D eigenvalue weighted by Gasteiger charge is -2.12. The Kier molecular flexibility index (Phi) is 7.61. The zero-order chi connectivity index (χ0) is 15.7. The Morgan fingerprint density at radius 2 is 2.00 bits per heavy atom. The fourth-order valence-corrected chi connectivity index (χ4v) is 1.94. The van der Waals surface area contributed by atoms with Gasteiger partial charge < -0.3 is 20.1 Å². The Morgan fingerprint density at radius 1 is 1.24 bits per heavy atom. The second kappa shape index (κ2) is 9.23. The number of benzene rings is 1. The van der Waals surface area contributed by atoms with E-state index in [9.17, 15) is 4.79 Å². The van der Waals surface area contributed by atoms with Crippen LogP contribution in [0.4, 0.5) is 0 Å². The van der Waals surface area contributed by atoms with Crippen LogP contribution in [0.25, 0.3) is 0 Å². The van der Waals surface area contributed by atoms with Crippen LogP contribution < -0.4 is 20.1 Å². The van der Waals surface area contributed by atoms with Crippen molar-refractivity contribution >= 4 is 5.91 Å². The van der Waals surface area contributed by atoms with E-state index >= 15 is 0 Å². The third-order valence-electron chi connectivity index (χ3n) is 3.10. The van der Waals surface area contributed by atoms with E-state index in [1.165, 1.54) is 0 Å². The first kappa shape index (κ1) is 17.3. The van der Waals surface area contributed by atoms with Crippen LogP contribution in [0.1, 0.15) is 32.3 Å². The van der Waals surface area contributed by atoms with Gasteiger partial charge in [0.05, 0.1) is 14.2 Å². The van der Waals surface area contributed by atoms with E-state index in [1.807, 2.05) is 18.2 Å². The molecule has 118 valence electrons. The first-order valence-corrected chi connectivity index (χ1v) is 7.27. The average molecular weight is 294 g/mol. The summed E-state index contributed by atoms with van der Waals surface area (Å²) in [4.78, 5) is 11.8. The molecular weight excluding hydrogens is 268 g/mol. The summed E-state index contributed by atoms with van der Waals surface area (Å²) in [5.41, 5.74) is 0.908. The molecule has 0 radical (unpaired) electrons. The number of hydrogen-bond acceptors (Lipinski definition) is 4. The van der Waals surface area contributed by atoms with Gasteiger partial charge in [-0.15, -0.1) is 0 Å².